The minimum Gasteiger partial charge on any atom is -0.489 e. The molecule has 3 amide bonds. The Morgan fingerprint density at radius 3 is 2.02 bits per heavy atom. The van der Waals surface area contributed by atoms with E-state index in [9.17, 15) is 14.4 Å². The van der Waals surface area contributed by atoms with Crippen LogP contribution in [0.4, 0.5) is 5.69 Å². The fourth-order valence-electron chi connectivity index (χ4n) is 4.31. The Kier molecular flexibility index (Phi) is 15.7. The first kappa shape index (κ1) is 36.3. The van der Waals surface area contributed by atoms with Crippen molar-refractivity contribution < 1.29 is 19.1 Å². The zero-order valence-electron chi connectivity index (χ0n) is 26.1. The normalized spacial score (nSPS) is 12.7. The number of nitrogens with zero attached hydrogens (tertiary/aromatic N) is 2. The molecule has 0 aliphatic heterocycles. The van der Waals surface area contributed by atoms with Crippen molar-refractivity contribution in [3.8, 4) is 5.75 Å². The number of anilines is 1. The monoisotopic (exact) mass is 624 g/mol. The smallest absolute Gasteiger partial charge is 0.246 e. The number of rotatable bonds is 19. The largest absolute Gasteiger partial charge is 0.489 e. The van der Waals surface area contributed by atoms with Gasteiger partial charge in [0.15, 0.2) is 11.9 Å². The number of hydrogen-bond acceptors (Lipinski definition) is 7. The summed E-state index contributed by atoms with van der Waals surface area (Å²) in [7, 11) is 0. The van der Waals surface area contributed by atoms with E-state index in [-0.39, 0.29) is 30.8 Å². The van der Waals surface area contributed by atoms with Gasteiger partial charge in [-0.25, -0.2) is 0 Å². The third kappa shape index (κ3) is 14.9. The van der Waals surface area contributed by atoms with Gasteiger partial charge < -0.3 is 49.4 Å². The molecule has 0 spiro atoms. The number of carbonyl (C=O) groups is 3. The summed E-state index contributed by atoms with van der Waals surface area (Å²) in [4.78, 5) is 47.6. The molecule has 0 heterocycles. The average molecular weight is 625 g/mol. The molecule has 3 atom stereocenters. The number of hydrogen-bond donors (Lipinski definition) is 8. The van der Waals surface area contributed by atoms with Gasteiger partial charge in [0.05, 0.1) is 6.04 Å². The Balaban J connectivity index is 2.10. The summed E-state index contributed by atoms with van der Waals surface area (Å²) in [5.41, 5.74) is 29.1. The minimum absolute atomic E-state index is 0.0466. The molecular weight excluding hydrogens is 576 g/mol. The van der Waals surface area contributed by atoms with E-state index >= 15 is 0 Å². The van der Waals surface area contributed by atoms with Crippen LogP contribution in [0.15, 0.2) is 64.6 Å². The fraction of sp³-hybridized carbons (Fsp3) is 0.452. The topological polar surface area (TPSA) is 251 Å². The summed E-state index contributed by atoms with van der Waals surface area (Å²) in [6.45, 7) is 4.84. The zero-order chi connectivity index (χ0) is 33.2. The summed E-state index contributed by atoms with van der Waals surface area (Å²) >= 11 is 0. The zero-order valence-corrected chi connectivity index (χ0v) is 26.1. The number of guanidine groups is 2. The molecule has 0 bridgehead atoms. The predicted molar refractivity (Wildman–Crippen MR) is 177 cm³/mol. The molecule has 246 valence electrons. The molecule has 14 heteroatoms. The first-order valence-corrected chi connectivity index (χ1v) is 15.0. The average Bonchev–Trinajstić information content (AvgIpc) is 2.99. The molecule has 0 saturated heterocycles. The van der Waals surface area contributed by atoms with Gasteiger partial charge in [-0.3, -0.25) is 24.4 Å². The predicted octanol–water partition coefficient (Wildman–Crippen LogP) is 0.654. The molecule has 0 fully saturated rings. The van der Waals surface area contributed by atoms with Gasteiger partial charge >= 0.3 is 0 Å². The molecule has 2 aromatic carbocycles. The van der Waals surface area contributed by atoms with Gasteiger partial charge in [0, 0.05) is 24.8 Å². The maximum atomic E-state index is 13.5. The Morgan fingerprint density at radius 1 is 0.778 bits per heavy atom. The van der Waals surface area contributed by atoms with Gasteiger partial charge in [0.25, 0.3) is 0 Å². The van der Waals surface area contributed by atoms with Gasteiger partial charge in [-0.05, 0) is 55.7 Å². The molecule has 13 N–H and O–H groups in total. The lowest BCUT2D eigenvalue weighted by atomic mass is 10.0. The number of ether oxygens (including phenoxy) is 1. The molecule has 0 radical (unpaired) electrons. The molecule has 0 aliphatic carbocycles. The summed E-state index contributed by atoms with van der Waals surface area (Å²) in [6.07, 6.45) is 1.75. The van der Waals surface area contributed by atoms with Crippen LogP contribution >= 0.6 is 0 Å². The van der Waals surface area contributed by atoms with Crippen molar-refractivity contribution in [2.75, 3.05) is 18.4 Å². The van der Waals surface area contributed by atoms with Crippen LogP contribution in [0.5, 0.6) is 5.75 Å². The summed E-state index contributed by atoms with van der Waals surface area (Å²) in [5, 5.41) is 8.41. The molecule has 0 aromatic heterocycles. The number of nitrogens with one attached hydrogen (secondary N) is 3. The van der Waals surface area contributed by atoms with Crippen LogP contribution in [-0.2, 0) is 21.0 Å². The fourth-order valence-corrected chi connectivity index (χ4v) is 4.31. The van der Waals surface area contributed by atoms with Gasteiger partial charge in [-0.2, -0.15) is 0 Å². The molecular formula is C31H48N10O4. The van der Waals surface area contributed by atoms with E-state index in [0.29, 0.717) is 50.3 Å². The van der Waals surface area contributed by atoms with Gasteiger partial charge in [-0.15, -0.1) is 0 Å². The SMILES string of the molecule is CC(C)C[C@H](NC(=O)[C@H](CCCN=C(N)N)NC(=O)[C@@H](N)CCCN=C(N)N)C(=O)Nc1cccc(OCc2ccccc2)c1. The molecule has 14 nitrogen and oxygen atoms in total. The van der Waals surface area contributed by atoms with Crippen LogP contribution in [0.1, 0.15) is 51.5 Å². The van der Waals surface area contributed by atoms with E-state index in [1.54, 1.807) is 24.3 Å². The Labute approximate surface area is 264 Å². The lowest BCUT2D eigenvalue weighted by Crippen LogP contribution is -2.55. The van der Waals surface area contributed by atoms with Crippen LogP contribution in [0.3, 0.4) is 0 Å². The molecule has 2 aromatic rings. The molecule has 2 rings (SSSR count). The summed E-state index contributed by atoms with van der Waals surface area (Å²) in [5.74, 6) is -0.908. The molecule has 0 unspecified atom stereocenters. The highest BCUT2D eigenvalue weighted by Crippen LogP contribution is 2.19. The highest BCUT2D eigenvalue weighted by atomic mass is 16.5. The van der Waals surface area contributed by atoms with Crippen molar-refractivity contribution in [1.29, 1.82) is 0 Å². The van der Waals surface area contributed by atoms with Crippen LogP contribution in [-0.4, -0.2) is 60.9 Å². The molecule has 45 heavy (non-hydrogen) atoms. The lowest BCUT2D eigenvalue weighted by molar-refractivity contribution is -0.131. The number of nitrogens with two attached hydrogens (primary N) is 5. The van der Waals surface area contributed by atoms with E-state index in [0.717, 1.165) is 5.56 Å². The van der Waals surface area contributed by atoms with Crippen molar-refractivity contribution in [2.24, 2.45) is 44.6 Å². The standard InChI is InChI=1S/C31H48N10O4/c1-20(2)17-26(29(44)39-22-11-6-12-23(18-22)45-19-21-9-4-3-5-10-21)41-28(43)25(14-8-16-38-31(35)36)40-27(42)24(32)13-7-15-37-30(33)34/h3-6,9-12,18,20,24-26H,7-8,13-17,19,32H2,1-2H3,(H,39,44)(H,40,42)(H,41,43)(H4,33,34,37)(H4,35,36,38)/t24-,25-,26-/m0/s1. The van der Waals surface area contributed by atoms with Crippen molar-refractivity contribution in [2.45, 2.75) is 70.7 Å². The molecule has 0 aliphatic rings. The second-order valence-electron chi connectivity index (χ2n) is 11.0. The highest BCUT2D eigenvalue weighted by molar-refractivity contribution is 5.98. The number of amides is 3. The maximum Gasteiger partial charge on any atom is 0.246 e. The van der Waals surface area contributed by atoms with Gasteiger partial charge in [0.1, 0.15) is 24.4 Å². The summed E-state index contributed by atoms with van der Waals surface area (Å²) < 4.78 is 5.88. The third-order valence-electron chi connectivity index (χ3n) is 6.57. The third-order valence-corrected chi connectivity index (χ3v) is 6.57. The first-order chi connectivity index (χ1) is 21.4. The van der Waals surface area contributed by atoms with E-state index in [1.807, 2.05) is 44.2 Å². The lowest BCUT2D eigenvalue weighted by Gasteiger charge is -2.25. The maximum absolute atomic E-state index is 13.5. The molecule has 0 saturated carbocycles. The Hall–Kier alpha value is -4.85. The van der Waals surface area contributed by atoms with Gasteiger partial charge in [0.2, 0.25) is 17.7 Å². The Morgan fingerprint density at radius 2 is 1.40 bits per heavy atom. The second kappa shape index (κ2) is 19.4. The Bertz CT molecular complexity index is 1280. The van der Waals surface area contributed by atoms with Crippen LogP contribution in [0.2, 0.25) is 0 Å². The van der Waals surface area contributed by atoms with E-state index in [4.69, 9.17) is 33.4 Å². The van der Waals surface area contributed by atoms with Crippen LogP contribution in [0.25, 0.3) is 0 Å². The van der Waals surface area contributed by atoms with Crippen LogP contribution in [0, 0.1) is 5.92 Å². The van der Waals surface area contributed by atoms with Crippen molar-refractivity contribution in [3.05, 3.63) is 60.2 Å². The van der Waals surface area contributed by atoms with Crippen molar-refractivity contribution >= 4 is 35.3 Å². The number of aliphatic imine (C=N–C) groups is 2. The quantitative estimate of drug-likeness (QED) is 0.0620. The number of benzene rings is 2. The van der Waals surface area contributed by atoms with E-state index < -0.39 is 35.8 Å². The minimum atomic E-state index is -0.979. The van der Waals surface area contributed by atoms with Crippen molar-refractivity contribution in [3.63, 3.8) is 0 Å². The van der Waals surface area contributed by atoms with E-state index in [2.05, 4.69) is 25.9 Å². The van der Waals surface area contributed by atoms with E-state index in [1.165, 1.54) is 0 Å². The second-order valence-corrected chi connectivity index (χ2v) is 11.0. The first-order valence-electron chi connectivity index (χ1n) is 15.0. The summed E-state index contributed by atoms with van der Waals surface area (Å²) in [6, 6.07) is 14.0. The highest BCUT2D eigenvalue weighted by Gasteiger charge is 2.28. The van der Waals surface area contributed by atoms with Gasteiger partial charge in [-0.1, -0.05) is 50.2 Å². The van der Waals surface area contributed by atoms with Crippen LogP contribution < -0.4 is 49.4 Å². The van der Waals surface area contributed by atoms with Crippen molar-refractivity contribution in [1.82, 2.24) is 10.6 Å². The number of carbonyl (C=O) groups excluding carboxylic acids is 3.